The molecule has 7 nitrogen and oxygen atoms in total. The Labute approximate surface area is 137 Å². The molecule has 0 spiro atoms. The van der Waals surface area contributed by atoms with Gasteiger partial charge < -0.3 is 14.8 Å². The Morgan fingerprint density at radius 2 is 1.48 bits per heavy atom. The molecule has 1 fully saturated rings. The summed E-state index contributed by atoms with van der Waals surface area (Å²) in [5, 5.41) is 2.71. The minimum atomic E-state index is -0.915. The molecule has 1 unspecified atom stereocenters. The highest BCUT2D eigenvalue weighted by Gasteiger charge is 2.40. The van der Waals surface area contributed by atoms with Gasteiger partial charge in [0.1, 0.15) is 17.2 Å². The van der Waals surface area contributed by atoms with Gasteiger partial charge in [0.15, 0.2) is 0 Å². The first-order valence-electron chi connectivity index (χ1n) is 7.93. The van der Waals surface area contributed by atoms with E-state index < -0.39 is 29.4 Å². The summed E-state index contributed by atoms with van der Waals surface area (Å²) in [6, 6.07) is -0.915. The lowest BCUT2D eigenvalue weighted by atomic mass is 10.1. The first-order valence-corrected chi connectivity index (χ1v) is 7.93. The van der Waals surface area contributed by atoms with Crippen molar-refractivity contribution in [2.75, 3.05) is 6.54 Å². The summed E-state index contributed by atoms with van der Waals surface area (Å²) in [7, 11) is 0. The van der Waals surface area contributed by atoms with Crippen molar-refractivity contribution < 1.29 is 23.9 Å². The second kappa shape index (κ2) is 7.19. The van der Waals surface area contributed by atoms with E-state index in [4.69, 9.17) is 9.47 Å². The quantitative estimate of drug-likeness (QED) is 0.800. The third-order valence-corrected chi connectivity index (χ3v) is 3.00. The molecule has 7 heteroatoms. The fourth-order valence-electron chi connectivity index (χ4n) is 2.12. The van der Waals surface area contributed by atoms with Gasteiger partial charge in [-0.05, 0) is 60.8 Å². The zero-order chi connectivity index (χ0) is 17.8. The van der Waals surface area contributed by atoms with Crippen LogP contribution in [0.15, 0.2) is 0 Å². The van der Waals surface area contributed by atoms with Crippen LogP contribution in [0.5, 0.6) is 0 Å². The number of nitrogens with one attached hydrogen (secondary N) is 1. The van der Waals surface area contributed by atoms with Crippen molar-refractivity contribution in [1.82, 2.24) is 10.2 Å². The Bertz CT molecular complexity index is 434. The molecule has 1 N–H and O–H groups in total. The van der Waals surface area contributed by atoms with E-state index in [0.29, 0.717) is 13.0 Å². The molecule has 0 aromatic carbocycles. The molecule has 132 valence electrons. The van der Waals surface area contributed by atoms with E-state index in [1.54, 1.807) is 41.5 Å². The Morgan fingerprint density at radius 3 is 1.91 bits per heavy atom. The fraction of sp³-hybridized carbons (Fsp3) is 0.812. The third-order valence-electron chi connectivity index (χ3n) is 3.00. The highest BCUT2D eigenvalue weighted by molar-refractivity contribution is 5.95. The van der Waals surface area contributed by atoms with Gasteiger partial charge in [0.2, 0.25) is 5.91 Å². The molecule has 1 aliphatic rings. The predicted octanol–water partition coefficient (Wildman–Crippen LogP) is 2.83. The molecule has 0 radical (unpaired) electrons. The van der Waals surface area contributed by atoms with Crippen LogP contribution in [-0.2, 0) is 14.3 Å². The second-order valence-electron chi connectivity index (χ2n) is 7.63. The highest BCUT2D eigenvalue weighted by atomic mass is 16.6. The molecule has 1 rings (SSSR count). The summed E-state index contributed by atoms with van der Waals surface area (Å²) in [5.41, 5.74) is -1.56. The first-order chi connectivity index (χ1) is 10.4. The molecule has 0 aromatic heterocycles. The van der Waals surface area contributed by atoms with Crippen LogP contribution in [-0.4, -0.2) is 46.8 Å². The maximum atomic E-state index is 12.5. The van der Waals surface area contributed by atoms with E-state index in [2.05, 4.69) is 5.32 Å². The van der Waals surface area contributed by atoms with Gasteiger partial charge in [-0.25, -0.2) is 9.59 Å². The monoisotopic (exact) mass is 328 g/mol. The molecule has 3 amide bonds. The number of hydrogen-bond acceptors (Lipinski definition) is 5. The summed E-state index contributed by atoms with van der Waals surface area (Å²) in [5.74, 6) is -0.362. The average molecular weight is 328 g/mol. The van der Waals surface area contributed by atoms with E-state index in [1.165, 1.54) is 0 Å². The van der Waals surface area contributed by atoms with Crippen molar-refractivity contribution in [3.8, 4) is 0 Å². The summed E-state index contributed by atoms with van der Waals surface area (Å²) >= 11 is 0. The van der Waals surface area contributed by atoms with Crippen LogP contribution >= 0.6 is 0 Å². The normalized spacial score (nSPS) is 19.4. The number of carbonyl (C=O) groups is 3. The van der Waals surface area contributed by atoms with Gasteiger partial charge in [0, 0.05) is 6.54 Å². The molecule has 0 aliphatic carbocycles. The zero-order valence-electron chi connectivity index (χ0n) is 14.9. The number of amides is 3. The van der Waals surface area contributed by atoms with E-state index in [1.807, 2.05) is 0 Å². The first kappa shape index (κ1) is 19.3. The number of rotatable bonds is 1. The molecule has 1 atom stereocenters. The number of carbonyl (C=O) groups excluding carboxylic acids is 3. The van der Waals surface area contributed by atoms with Gasteiger partial charge in [0.25, 0.3) is 0 Å². The number of ether oxygens (including phenoxy) is 2. The van der Waals surface area contributed by atoms with Crippen molar-refractivity contribution in [1.29, 1.82) is 0 Å². The van der Waals surface area contributed by atoms with Gasteiger partial charge in [-0.2, -0.15) is 4.90 Å². The summed E-state index contributed by atoms with van der Waals surface area (Å²) in [4.78, 5) is 38.0. The van der Waals surface area contributed by atoms with Crippen LogP contribution < -0.4 is 5.32 Å². The Morgan fingerprint density at radius 1 is 1.00 bits per heavy atom. The topological polar surface area (TPSA) is 84.9 Å². The van der Waals surface area contributed by atoms with E-state index in [0.717, 1.165) is 17.7 Å². The number of nitrogens with zero attached hydrogens (tertiary/aromatic N) is 1. The minimum Gasteiger partial charge on any atom is -0.443 e. The average Bonchev–Trinajstić information content (AvgIpc) is 2.50. The molecule has 1 heterocycles. The number of imide groups is 1. The molecule has 23 heavy (non-hydrogen) atoms. The van der Waals surface area contributed by atoms with Crippen LogP contribution in [0.25, 0.3) is 0 Å². The fourth-order valence-corrected chi connectivity index (χ4v) is 2.12. The zero-order valence-corrected chi connectivity index (χ0v) is 14.9. The van der Waals surface area contributed by atoms with Crippen LogP contribution in [0.3, 0.4) is 0 Å². The maximum Gasteiger partial charge on any atom is 0.420 e. The molecule has 1 saturated heterocycles. The van der Waals surface area contributed by atoms with Crippen LogP contribution in [0.1, 0.15) is 60.8 Å². The van der Waals surface area contributed by atoms with Gasteiger partial charge in [-0.1, -0.05) is 0 Å². The third kappa shape index (κ3) is 6.46. The van der Waals surface area contributed by atoms with Gasteiger partial charge in [-0.15, -0.1) is 0 Å². The lowest BCUT2D eigenvalue weighted by Gasteiger charge is -2.32. The number of hydrogen-bond donors (Lipinski definition) is 1. The van der Waals surface area contributed by atoms with Crippen molar-refractivity contribution in [2.24, 2.45) is 0 Å². The lowest BCUT2D eigenvalue weighted by molar-refractivity contribution is -0.126. The van der Waals surface area contributed by atoms with Gasteiger partial charge in [-0.3, -0.25) is 4.79 Å². The molecule has 0 aromatic rings. The van der Waals surface area contributed by atoms with Gasteiger partial charge >= 0.3 is 12.2 Å². The lowest BCUT2D eigenvalue weighted by Crippen LogP contribution is -2.54. The summed E-state index contributed by atoms with van der Waals surface area (Å²) in [6.45, 7) is 10.7. The van der Waals surface area contributed by atoms with Crippen LogP contribution in [0, 0.1) is 0 Å². The maximum absolute atomic E-state index is 12.5. The Hall–Kier alpha value is -1.79. The molecule has 1 aliphatic heterocycles. The Kier molecular flexibility index (Phi) is 6.02. The summed E-state index contributed by atoms with van der Waals surface area (Å²) in [6.07, 6.45) is 0.191. The van der Waals surface area contributed by atoms with Crippen LogP contribution in [0.4, 0.5) is 9.59 Å². The summed E-state index contributed by atoms with van der Waals surface area (Å²) < 4.78 is 10.6. The minimum absolute atomic E-state index is 0.362. The standard InChI is InChI=1S/C16H28N2O5/c1-15(2,3)22-13(20)18(14(21)23-16(4,5)6)11-9-7-8-10-17-12(11)19/h11H,7-10H2,1-6H3,(H,17,19). The Balaban J connectivity index is 3.06. The smallest absolute Gasteiger partial charge is 0.420 e. The van der Waals surface area contributed by atoms with Crippen molar-refractivity contribution in [3.63, 3.8) is 0 Å². The van der Waals surface area contributed by atoms with Gasteiger partial charge in [0.05, 0.1) is 0 Å². The van der Waals surface area contributed by atoms with E-state index in [9.17, 15) is 14.4 Å². The van der Waals surface area contributed by atoms with Crippen molar-refractivity contribution in [2.45, 2.75) is 78.0 Å². The van der Waals surface area contributed by atoms with Crippen molar-refractivity contribution >= 4 is 18.1 Å². The molecular formula is C16H28N2O5. The SMILES string of the molecule is CC(C)(C)OC(=O)N(C(=O)OC(C)(C)C)C1CCCCNC1=O. The van der Waals surface area contributed by atoms with E-state index in [-0.39, 0.29) is 5.91 Å². The molecule has 0 saturated carbocycles. The molecular weight excluding hydrogens is 300 g/mol. The predicted molar refractivity (Wildman–Crippen MR) is 85.0 cm³/mol. The largest absolute Gasteiger partial charge is 0.443 e. The van der Waals surface area contributed by atoms with E-state index >= 15 is 0 Å². The highest BCUT2D eigenvalue weighted by Crippen LogP contribution is 2.20. The molecule has 0 bridgehead atoms. The van der Waals surface area contributed by atoms with Crippen molar-refractivity contribution in [3.05, 3.63) is 0 Å². The second-order valence-corrected chi connectivity index (χ2v) is 7.63. The van der Waals surface area contributed by atoms with Crippen LogP contribution in [0.2, 0.25) is 0 Å².